The predicted molar refractivity (Wildman–Crippen MR) is 51.8 cm³/mol. The average molecular weight is 202 g/mol. The van der Waals surface area contributed by atoms with Gasteiger partial charge in [-0.25, -0.2) is 0 Å². The van der Waals surface area contributed by atoms with E-state index in [4.69, 9.17) is 16.7 Å². The predicted octanol–water partition coefficient (Wildman–Crippen LogP) is 1.21. The van der Waals surface area contributed by atoms with Crippen molar-refractivity contribution in [3.63, 3.8) is 0 Å². The topological polar surface area (TPSA) is 52.5 Å². The van der Waals surface area contributed by atoms with Crippen LogP contribution in [-0.2, 0) is 0 Å². The Labute approximate surface area is 82.0 Å². The Balaban J connectivity index is 2.60. The molecule has 0 spiro atoms. The van der Waals surface area contributed by atoms with Crippen LogP contribution in [-0.4, -0.2) is 22.8 Å². The Bertz CT molecular complexity index is 268. The van der Waals surface area contributed by atoms with E-state index in [2.05, 4.69) is 5.32 Å². The molecule has 1 aromatic rings. The summed E-state index contributed by atoms with van der Waals surface area (Å²) in [6.45, 7) is 0.382. The van der Waals surface area contributed by atoms with Crippen molar-refractivity contribution in [2.24, 2.45) is 0 Å². The molecule has 72 valence electrons. The Kier molecular flexibility index (Phi) is 4.02. The number of hydrogen-bond donors (Lipinski definition) is 3. The second-order valence-electron chi connectivity index (χ2n) is 2.70. The van der Waals surface area contributed by atoms with Crippen molar-refractivity contribution >= 4 is 11.6 Å². The highest BCUT2D eigenvalue weighted by Crippen LogP contribution is 2.17. The molecule has 1 rings (SSSR count). The second kappa shape index (κ2) is 5.07. The van der Waals surface area contributed by atoms with Crippen molar-refractivity contribution in [3.05, 3.63) is 29.8 Å². The maximum absolute atomic E-state index is 9.54. The lowest BCUT2D eigenvalue weighted by Gasteiger charge is -2.10. The van der Waals surface area contributed by atoms with Gasteiger partial charge in [0.15, 0.2) is 0 Å². The number of alkyl halides is 1. The van der Waals surface area contributed by atoms with Crippen LogP contribution in [0.4, 0.5) is 0 Å². The first-order valence-electron chi connectivity index (χ1n) is 3.97. The Hall–Kier alpha value is -0.770. The van der Waals surface area contributed by atoms with E-state index in [1.165, 1.54) is 6.07 Å². The lowest BCUT2D eigenvalue weighted by molar-refractivity contribution is 0.176. The van der Waals surface area contributed by atoms with E-state index in [1.807, 2.05) is 0 Å². The van der Waals surface area contributed by atoms with Crippen molar-refractivity contribution < 1.29 is 10.2 Å². The number of rotatable bonds is 4. The van der Waals surface area contributed by atoms with Gasteiger partial charge in [-0.2, -0.15) is 0 Å². The molecule has 4 heteroatoms. The van der Waals surface area contributed by atoms with Crippen LogP contribution in [0.15, 0.2) is 24.3 Å². The zero-order valence-corrected chi connectivity index (χ0v) is 7.83. The molecule has 0 aliphatic heterocycles. The highest BCUT2D eigenvalue weighted by Gasteiger charge is 2.06. The summed E-state index contributed by atoms with van der Waals surface area (Å²) in [6, 6.07) is 6.83. The van der Waals surface area contributed by atoms with E-state index in [9.17, 15) is 5.11 Å². The first-order chi connectivity index (χ1) is 6.24. The number of hydrogen-bond acceptors (Lipinski definition) is 3. The van der Waals surface area contributed by atoms with Crippen LogP contribution >= 0.6 is 11.6 Å². The van der Waals surface area contributed by atoms with Gasteiger partial charge in [-0.1, -0.05) is 12.1 Å². The largest absolute Gasteiger partial charge is 0.508 e. The molecule has 3 nitrogen and oxygen atoms in total. The van der Waals surface area contributed by atoms with Crippen LogP contribution in [0.1, 0.15) is 11.7 Å². The van der Waals surface area contributed by atoms with Gasteiger partial charge in [-0.05, 0) is 17.7 Å². The number of phenolic OH excluding ortho intramolecular Hbond substituents is 1. The molecule has 0 radical (unpaired) electrons. The number of nitrogens with one attached hydrogen (secondary N) is 1. The Morgan fingerprint density at radius 3 is 2.85 bits per heavy atom. The third-order valence-corrected chi connectivity index (χ3v) is 1.88. The Morgan fingerprint density at radius 2 is 2.23 bits per heavy atom. The molecule has 0 saturated heterocycles. The zero-order valence-electron chi connectivity index (χ0n) is 7.07. The molecule has 0 heterocycles. The number of aliphatic hydroxyl groups is 1. The van der Waals surface area contributed by atoms with Crippen LogP contribution in [0, 0.1) is 0 Å². The van der Waals surface area contributed by atoms with Crippen LogP contribution in [0.2, 0.25) is 0 Å². The molecular formula is C9H12ClNO2. The number of phenols is 1. The summed E-state index contributed by atoms with van der Waals surface area (Å²) >= 11 is 5.39. The monoisotopic (exact) mass is 201 g/mol. The van der Waals surface area contributed by atoms with Gasteiger partial charge in [-0.15, -0.1) is 11.6 Å². The van der Waals surface area contributed by atoms with E-state index in [0.29, 0.717) is 18.1 Å². The molecular weight excluding hydrogens is 190 g/mol. The maximum atomic E-state index is 9.54. The molecule has 1 aromatic carbocycles. The molecule has 1 atom stereocenters. The summed E-state index contributed by atoms with van der Waals surface area (Å²) in [5, 5.41) is 21.5. The average Bonchev–Trinajstić information content (AvgIpc) is 2.14. The van der Waals surface area contributed by atoms with Crippen molar-refractivity contribution in [2.45, 2.75) is 6.10 Å². The van der Waals surface area contributed by atoms with Gasteiger partial charge in [0, 0.05) is 6.54 Å². The lowest BCUT2D eigenvalue weighted by Crippen LogP contribution is -2.19. The summed E-state index contributed by atoms with van der Waals surface area (Å²) in [7, 11) is 0. The molecule has 0 aliphatic carbocycles. The minimum atomic E-state index is -0.633. The fourth-order valence-electron chi connectivity index (χ4n) is 1.04. The molecule has 0 amide bonds. The lowest BCUT2D eigenvalue weighted by atomic mass is 10.1. The first-order valence-corrected chi connectivity index (χ1v) is 4.51. The van der Waals surface area contributed by atoms with Gasteiger partial charge >= 0.3 is 0 Å². The summed E-state index contributed by atoms with van der Waals surface area (Å²) in [6.07, 6.45) is -0.633. The maximum Gasteiger partial charge on any atom is 0.115 e. The fourth-order valence-corrected chi connectivity index (χ4v) is 1.15. The normalized spacial score (nSPS) is 12.8. The van der Waals surface area contributed by atoms with E-state index in [-0.39, 0.29) is 5.75 Å². The second-order valence-corrected chi connectivity index (χ2v) is 2.97. The van der Waals surface area contributed by atoms with Gasteiger partial charge in [0.25, 0.3) is 0 Å². The molecule has 0 aliphatic rings. The number of aliphatic hydroxyl groups excluding tert-OH is 1. The number of halogens is 1. The third kappa shape index (κ3) is 3.22. The molecule has 0 aromatic heterocycles. The highest BCUT2D eigenvalue weighted by molar-refractivity contribution is 6.17. The molecule has 0 saturated carbocycles. The summed E-state index contributed by atoms with van der Waals surface area (Å²) in [4.78, 5) is 0. The van der Waals surface area contributed by atoms with E-state index in [1.54, 1.807) is 18.2 Å². The molecule has 0 bridgehead atoms. The standard InChI is InChI=1S/C9H12ClNO2/c10-6-11-5-9(13)7-2-1-3-8(12)4-7/h1-4,9,11-13H,5-6H2/t9-/m0/s1. The summed E-state index contributed by atoms with van der Waals surface area (Å²) < 4.78 is 0. The van der Waals surface area contributed by atoms with Crippen LogP contribution in [0.3, 0.4) is 0 Å². The van der Waals surface area contributed by atoms with Crippen molar-refractivity contribution in [3.8, 4) is 5.75 Å². The Morgan fingerprint density at radius 1 is 1.46 bits per heavy atom. The zero-order chi connectivity index (χ0) is 9.68. The van der Waals surface area contributed by atoms with Crippen LogP contribution in [0.25, 0.3) is 0 Å². The highest BCUT2D eigenvalue weighted by atomic mass is 35.5. The van der Waals surface area contributed by atoms with E-state index < -0.39 is 6.10 Å². The van der Waals surface area contributed by atoms with Crippen LogP contribution in [0.5, 0.6) is 5.75 Å². The quantitative estimate of drug-likeness (QED) is 0.507. The molecule has 3 N–H and O–H groups in total. The number of aromatic hydroxyl groups is 1. The van der Waals surface area contributed by atoms with E-state index >= 15 is 0 Å². The number of benzene rings is 1. The van der Waals surface area contributed by atoms with E-state index in [0.717, 1.165) is 0 Å². The smallest absolute Gasteiger partial charge is 0.115 e. The SMILES string of the molecule is Oc1cccc([C@@H](O)CNCCl)c1. The summed E-state index contributed by atoms with van der Waals surface area (Å²) in [5.41, 5.74) is 0.678. The van der Waals surface area contributed by atoms with Gasteiger partial charge in [-0.3, -0.25) is 0 Å². The van der Waals surface area contributed by atoms with Gasteiger partial charge in [0.2, 0.25) is 0 Å². The van der Waals surface area contributed by atoms with Crippen LogP contribution < -0.4 is 5.32 Å². The fraction of sp³-hybridized carbons (Fsp3) is 0.333. The van der Waals surface area contributed by atoms with Crippen molar-refractivity contribution in [1.29, 1.82) is 0 Å². The molecule has 0 unspecified atom stereocenters. The third-order valence-electron chi connectivity index (χ3n) is 1.69. The van der Waals surface area contributed by atoms with Crippen molar-refractivity contribution in [1.82, 2.24) is 5.32 Å². The van der Waals surface area contributed by atoms with Gasteiger partial charge < -0.3 is 15.5 Å². The minimum absolute atomic E-state index is 0.155. The van der Waals surface area contributed by atoms with Gasteiger partial charge in [0.05, 0.1) is 12.1 Å². The molecule has 0 fully saturated rings. The first kappa shape index (κ1) is 10.3. The summed E-state index contributed by atoms with van der Waals surface area (Å²) in [5.74, 6) is 0.155. The van der Waals surface area contributed by atoms with Crippen molar-refractivity contribution in [2.75, 3.05) is 12.5 Å². The minimum Gasteiger partial charge on any atom is -0.508 e. The van der Waals surface area contributed by atoms with Gasteiger partial charge in [0.1, 0.15) is 5.75 Å². The molecule has 13 heavy (non-hydrogen) atoms.